The molecule has 4 atom stereocenters. The number of hydrogen-bond donors (Lipinski definition) is 1. The first-order valence-electron chi connectivity index (χ1n) is 11.5. The Bertz CT molecular complexity index is 763. The third-order valence-electron chi connectivity index (χ3n) is 8.10. The van der Waals surface area contributed by atoms with Crippen LogP contribution in [0.4, 0.5) is 4.39 Å². The summed E-state index contributed by atoms with van der Waals surface area (Å²) in [6.07, 6.45) is 6.87. The normalized spacial score (nSPS) is 38.9. The second kappa shape index (κ2) is 7.66. The van der Waals surface area contributed by atoms with Crippen LogP contribution < -0.4 is 5.32 Å². The Morgan fingerprint density at radius 2 is 2.03 bits per heavy atom. The smallest absolute Gasteiger partial charge is 0.223 e. The van der Waals surface area contributed by atoms with Gasteiger partial charge in [-0.3, -0.25) is 9.69 Å². The third-order valence-corrected chi connectivity index (χ3v) is 8.10. The van der Waals surface area contributed by atoms with Gasteiger partial charge in [0, 0.05) is 49.5 Å². The predicted molar refractivity (Wildman–Crippen MR) is 110 cm³/mol. The van der Waals surface area contributed by atoms with Crippen molar-refractivity contribution in [3.05, 3.63) is 35.6 Å². The van der Waals surface area contributed by atoms with Gasteiger partial charge in [0.1, 0.15) is 5.82 Å². The molecule has 2 bridgehead atoms. The maximum atomic E-state index is 14.1. The molecule has 3 saturated heterocycles. The topological polar surface area (TPSA) is 41.6 Å². The number of nitrogens with zero attached hydrogens (tertiary/aromatic N) is 1. The van der Waals surface area contributed by atoms with E-state index in [9.17, 15) is 9.18 Å². The summed E-state index contributed by atoms with van der Waals surface area (Å²) >= 11 is 0. The van der Waals surface area contributed by atoms with Crippen molar-refractivity contribution in [1.29, 1.82) is 0 Å². The number of halogens is 1. The Balaban J connectivity index is 1.20. The molecule has 29 heavy (non-hydrogen) atoms. The van der Waals surface area contributed by atoms with Gasteiger partial charge in [-0.15, -0.1) is 0 Å². The van der Waals surface area contributed by atoms with Crippen LogP contribution in [0.1, 0.15) is 51.0 Å². The Kier molecular flexibility index (Phi) is 5.15. The maximum Gasteiger partial charge on any atom is 0.223 e. The van der Waals surface area contributed by atoms with Crippen molar-refractivity contribution < 1.29 is 13.9 Å². The fourth-order valence-electron chi connectivity index (χ4n) is 6.43. The summed E-state index contributed by atoms with van der Waals surface area (Å²) < 4.78 is 20.6. The van der Waals surface area contributed by atoms with Gasteiger partial charge in [-0.05, 0) is 50.5 Å². The van der Waals surface area contributed by atoms with Crippen LogP contribution in [0.2, 0.25) is 0 Å². The molecule has 158 valence electrons. The van der Waals surface area contributed by atoms with Crippen molar-refractivity contribution in [3.63, 3.8) is 0 Å². The van der Waals surface area contributed by atoms with Crippen LogP contribution >= 0.6 is 0 Å². The summed E-state index contributed by atoms with van der Waals surface area (Å²) in [6.45, 7) is 5.47. The van der Waals surface area contributed by atoms with Crippen LogP contribution in [0.25, 0.3) is 0 Å². The molecule has 4 fully saturated rings. The molecule has 1 amide bonds. The molecular formula is C24H33FN2O2. The number of likely N-dealkylation sites (tertiary alicyclic amines) is 1. The van der Waals surface area contributed by atoms with Gasteiger partial charge in [0.2, 0.25) is 5.91 Å². The lowest BCUT2D eigenvalue weighted by molar-refractivity contribution is -0.126. The molecule has 1 spiro atoms. The zero-order chi connectivity index (χ0) is 20.0. The number of ether oxygens (including phenoxy) is 1. The van der Waals surface area contributed by atoms with Gasteiger partial charge in [-0.1, -0.05) is 25.1 Å². The molecular weight excluding hydrogens is 367 g/mol. The first-order valence-corrected chi connectivity index (χ1v) is 11.5. The van der Waals surface area contributed by atoms with Crippen molar-refractivity contribution in [2.24, 2.45) is 23.7 Å². The molecule has 4 nitrogen and oxygen atoms in total. The second-order valence-corrected chi connectivity index (χ2v) is 9.99. The highest BCUT2D eigenvalue weighted by Gasteiger charge is 2.62. The van der Waals surface area contributed by atoms with E-state index in [0.29, 0.717) is 18.4 Å². The number of hydrogen-bond acceptors (Lipinski definition) is 3. The average Bonchev–Trinajstić information content (AvgIpc) is 3.36. The fraction of sp³-hybridized carbons (Fsp3) is 0.708. The third kappa shape index (κ3) is 3.61. The van der Waals surface area contributed by atoms with E-state index in [0.717, 1.165) is 56.8 Å². The van der Waals surface area contributed by atoms with Crippen LogP contribution in [0.5, 0.6) is 0 Å². The molecule has 0 radical (unpaired) electrons. The van der Waals surface area contributed by atoms with Gasteiger partial charge in [0.05, 0.1) is 11.7 Å². The minimum atomic E-state index is -0.127. The molecule has 0 aromatic heterocycles. The van der Waals surface area contributed by atoms with Gasteiger partial charge in [0.25, 0.3) is 0 Å². The lowest BCUT2D eigenvalue weighted by Gasteiger charge is -2.31. The van der Waals surface area contributed by atoms with E-state index in [1.807, 2.05) is 12.1 Å². The lowest BCUT2D eigenvalue weighted by atomic mass is 9.73. The number of carbonyl (C=O) groups is 1. The average molecular weight is 401 g/mol. The van der Waals surface area contributed by atoms with E-state index < -0.39 is 0 Å². The van der Waals surface area contributed by atoms with Gasteiger partial charge >= 0.3 is 0 Å². The highest BCUT2D eigenvalue weighted by atomic mass is 19.1. The molecule has 1 aliphatic carbocycles. The summed E-state index contributed by atoms with van der Waals surface area (Å²) in [7, 11) is 0. The molecule has 1 N–H and O–H groups in total. The number of benzene rings is 1. The summed E-state index contributed by atoms with van der Waals surface area (Å²) in [4.78, 5) is 15.0. The van der Waals surface area contributed by atoms with Gasteiger partial charge < -0.3 is 10.1 Å². The number of nitrogens with one attached hydrogen (secondary N) is 1. The van der Waals surface area contributed by atoms with Crippen LogP contribution in [-0.2, 0) is 16.1 Å². The molecule has 5 rings (SSSR count). The first-order chi connectivity index (χ1) is 14.0. The van der Waals surface area contributed by atoms with Crippen LogP contribution in [-0.4, -0.2) is 42.1 Å². The van der Waals surface area contributed by atoms with E-state index in [1.54, 1.807) is 6.07 Å². The standard InChI is InChI=1S/C24H33FN2O2/c1-16-6-8-17(9-7-16)23(28)26-12-19-20-14-27(13-18-4-2-3-5-21(18)25)15-24(20)11-10-22(19)29-24/h2-5,16-17,19-20,22H,6-15H2,1H3,(H,26,28)/t16?,17?,19-,20+,22+,24+/m0/s1. The number of carbonyl (C=O) groups excluding carboxylic acids is 1. The van der Waals surface area contributed by atoms with E-state index in [-0.39, 0.29) is 29.3 Å². The van der Waals surface area contributed by atoms with Crippen LogP contribution in [0.3, 0.4) is 0 Å². The van der Waals surface area contributed by atoms with E-state index in [1.165, 1.54) is 18.9 Å². The predicted octanol–water partition coefficient (Wildman–Crippen LogP) is 3.75. The molecule has 1 saturated carbocycles. The molecule has 3 aliphatic heterocycles. The number of fused-ring (bicyclic) bond motifs is 1. The fourth-order valence-corrected chi connectivity index (χ4v) is 6.43. The van der Waals surface area contributed by atoms with E-state index in [2.05, 4.69) is 17.1 Å². The second-order valence-electron chi connectivity index (χ2n) is 9.99. The quantitative estimate of drug-likeness (QED) is 0.819. The molecule has 3 heterocycles. The van der Waals surface area contributed by atoms with Crippen molar-refractivity contribution in [2.45, 2.75) is 63.7 Å². The Morgan fingerprint density at radius 3 is 2.83 bits per heavy atom. The molecule has 5 heteroatoms. The first kappa shape index (κ1) is 19.5. The lowest BCUT2D eigenvalue weighted by Crippen LogP contribution is -2.43. The van der Waals surface area contributed by atoms with Gasteiger partial charge in [-0.25, -0.2) is 4.39 Å². The number of rotatable bonds is 5. The van der Waals surface area contributed by atoms with Crippen molar-refractivity contribution in [1.82, 2.24) is 10.2 Å². The monoisotopic (exact) mass is 400 g/mol. The SMILES string of the molecule is CC1CCC(C(=O)NC[C@H]2[C@H]3CN(Cc4ccccc4F)C[C@]34CC[C@H]2O4)CC1. The van der Waals surface area contributed by atoms with Gasteiger partial charge in [-0.2, -0.15) is 0 Å². The Hall–Kier alpha value is -1.46. The van der Waals surface area contributed by atoms with E-state index >= 15 is 0 Å². The van der Waals surface area contributed by atoms with Gasteiger partial charge in [0.15, 0.2) is 0 Å². The summed E-state index contributed by atoms with van der Waals surface area (Å²) in [5.41, 5.74) is 0.681. The molecule has 1 aromatic rings. The summed E-state index contributed by atoms with van der Waals surface area (Å²) in [5.74, 6) is 1.91. The van der Waals surface area contributed by atoms with Crippen molar-refractivity contribution in [2.75, 3.05) is 19.6 Å². The Labute approximate surface area is 173 Å². The minimum Gasteiger partial charge on any atom is -0.370 e. The maximum absolute atomic E-state index is 14.1. The Morgan fingerprint density at radius 1 is 1.24 bits per heavy atom. The van der Waals surface area contributed by atoms with Crippen LogP contribution in [0.15, 0.2) is 24.3 Å². The largest absolute Gasteiger partial charge is 0.370 e. The molecule has 4 aliphatic rings. The number of amides is 1. The molecule has 0 unspecified atom stereocenters. The zero-order valence-corrected chi connectivity index (χ0v) is 17.4. The van der Waals surface area contributed by atoms with Crippen molar-refractivity contribution >= 4 is 5.91 Å². The minimum absolute atomic E-state index is 0.0778. The molecule has 1 aromatic carbocycles. The highest BCUT2D eigenvalue weighted by Crippen LogP contribution is 2.54. The zero-order valence-electron chi connectivity index (χ0n) is 17.4. The summed E-state index contributed by atoms with van der Waals surface area (Å²) in [5, 5.41) is 3.28. The van der Waals surface area contributed by atoms with Crippen molar-refractivity contribution in [3.8, 4) is 0 Å². The highest BCUT2D eigenvalue weighted by molar-refractivity contribution is 5.78. The van der Waals surface area contributed by atoms with Crippen LogP contribution in [0, 0.1) is 29.5 Å². The summed E-state index contributed by atoms with van der Waals surface area (Å²) in [6, 6.07) is 7.06. The van der Waals surface area contributed by atoms with E-state index in [4.69, 9.17) is 4.74 Å².